The highest BCUT2D eigenvalue weighted by molar-refractivity contribution is 7.80. The second kappa shape index (κ2) is 9.19. The molecular weight excluding hydrogens is 438 g/mol. The van der Waals surface area contributed by atoms with E-state index in [1.165, 1.54) is 13.2 Å². The van der Waals surface area contributed by atoms with Gasteiger partial charge in [-0.2, -0.15) is 0 Å². The molecule has 0 bridgehead atoms. The molecule has 2 aromatic heterocycles. The lowest BCUT2D eigenvalue weighted by atomic mass is 9.96. The van der Waals surface area contributed by atoms with Gasteiger partial charge in [0.15, 0.2) is 5.11 Å². The number of benzene rings is 1. The molecule has 33 heavy (non-hydrogen) atoms. The Morgan fingerprint density at radius 2 is 2.03 bits per heavy atom. The Hall–Kier alpha value is -3.46. The zero-order chi connectivity index (χ0) is 23.7. The van der Waals surface area contributed by atoms with Gasteiger partial charge in [0.1, 0.15) is 11.4 Å². The predicted octanol–water partition coefficient (Wildman–Crippen LogP) is 4.79. The van der Waals surface area contributed by atoms with Crippen molar-refractivity contribution in [1.82, 2.24) is 19.8 Å². The third kappa shape index (κ3) is 4.04. The summed E-state index contributed by atoms with van der Waals surface area (Å²) in [5.41, 5.74) is 4.31. The summed E-state index contributed by atoms with van der Waals surface area (Å²) in [5.74, 6) is 0.447. The second-order valence-electron chi connectivity index (χ2n) is 8.09. The first kappa shape index (κ1) is 22.7. The third-order valence-electron chi connectivity index (χ3n) is 6.07. The van der Waals surface area contributed by atoms with E-state index < -0.39 is 0 Å². The molecule has 0 radical (unpaired) electrons. The first-order valence-electron chi connectivity index (χ1n) is 10.9. The normalized spacial score (nSPS) is 17.8. The Kier molecular flexibility index (Phi) is 6.33. The lowest BCUT2D eigenvalue weighted by Gasteiger charge is -2.27. The monoisotopic (exact) mass is 465 g/mol. The van der Waals surface area contributed by atoms with Crippen molar-refractivity contribution in [3.05, 3.63) is 81.4 Å². The minimum absolute atomic E-state index is 0.00513. The van der Waals surface area contributed by atoms with Crippen molar-refractivity contribution in [2.24, 2.45) is 0 Å². The van der Waals surface area contributed by atoms with Gasteiger partial charge >= 0.3 is 0 Å². The average molecular weight is 466 g/mol. The Balaban J connectivity index is 1.87. The highest BCUT2D eigenvalue weighted by Crippen LogP contribution is 2.42. The van der Waals surface area contributed by atoms with E-state index in [1.807, 2.05) is 36.6 Å². The van der Waals surface area contributed by atoms with Gasteiger partial charge in [0.2, 0.25) is 0 Å². The van der Waals surface area contributed by atoms with Gasteiger partial charge in [-0.15, -0.1) is 0 Å². The highest BCUT2D eigenvalue weighted by Gasteiger charge is 2.41. The van der Waals surface area contributed by atoms with Gasteiger partial charge in [0.05, 0.1) is 35.9 Å². The van der Waals surface area contributed by atoms with Crippen LogP contribution in [-0.2, 0) is 0 Å². The number of aromatic nitrogens is 2. The van der Waals surface area contributed by atoms with E-state index >= 15 is 0 Å². The van der Waals surface area contributed by atoms with E-state index in [9.17, 15) is 10.1 Å². The van der Waals surface area contributed by atoms with Crippen LogP contribution in [0.1, 0.15) is 48.1 Å². The number of nitro benzene ring substituents is 1. The Morgan fingerprint density at radius 1 is 1.24 bits per heavy atom. The van der Waals surface area contributed by atoms with E-state index in [2.05, 4.69) is 28.2 Å². The summed E-state index contributed by atoms with van der Waals surface area (Å²) in [6, 6.07) is 12.7. The zero-order valence-corrected chi connectivity index (χ0v) is 19.9. The van der Waals surface area contributed by atoms with Crippen molar-refractivity contribution < 1.29 is 9.66 Å². The molecule has 1 fully saturated rings. The molecule has 1 aliphatic heterocycles. The van der Waals surface area contributed by atoms with Crippen LogP contribution >= 0.6 is 12.2 Å². The summed E-state index contributed by atoms with van der Waals surface area (Å²) in [4.78, 5) is 18.3. The standard InChI is InChI=1S/C24H27N5O3S/c1-5-12-27-23(22(26-24(27)33)19-8-6-7-11-25-19)18-13-15(2)28(16(18)3)20-10-9-17(32-4)14-21(20)29(30)31/h6-11,13-14,22-23H,5,12H2,1-4H3,(H,26,33)/t22-,23-/m1/s1. The molecule has 2 atom stereocenters. The molecule has 172 valence electrons. The summed E-state index contributed by atoms with van der Waals surface area (Å²) < 4.78 is 7.15. The summed E-state index contributed by atoms with van der Waals surface area (Å²) >= 11 is 5.70. The van der Waals surface area contributed by atoms with E-state index in [4.69, 9.17) is 17.0 Å². The van der Waals surface area contributed by atoms with Crippen LogP contribution in [0.3, 0.4) is 0 Å². The fourth-order valence-electron chi connectivity index (χ4n) is 4.65. The number of pyridine rings is 1. The van der Waals surface area contributed by atoms with Gasteiger partial charge in [0, 0.05) is 24.1 Å². The maximum absolute atomic E-state index is 11.9. The quantitative estimate of drug-likeness (QED) is 0.305. The Morgan fingerprint density at radius 3 is 2.67 bits per heavy atom. The molecule has 0 unspecified atom stereocenters. The van der Waals surface area contributed by atoms with E-state index in [-0.39, 0.29) is 22.7 Å². The lowest BCUT2D eigenvalue weighted by Crippen LogP contribution is -2.30. The van der Waals surface area contributed by atoms with Crippen molar-refractivity contribution in [3.63, 3.8) is 0 Å². The number of thiocarbonyl (C=S) groups is 1. The minimum atomic E-state index is -0.372. The molecular formula is C24H27N5O3S. The molecule has 1 N–H and O–H groups in total. The van der Waals surface area contributed by atoms with Gasteiger partial charge in [-0.1, -0.05) is 13.0 Å². The van der Waals surface area contributed by atoms with Crippen LogP contribution in [0.5, 0.6) is 5.75 Å². The molecule has 0 saturated carbocycles. The van der Waals surface area contributed by atoms with E-state index in [0.29, 0.717) is 16.5 Å². The fraction of sp³-hybridized carbons (Fsp3) is 0.333. The summed E-state index contributed by atoms with van der Waals surface area (Å²) in [5, 5.41) is 16.0. The summed E-state index contributed by atoms with van der Waals surface area (Å²) in [6.07, 6.45) is 2.72. The summed E-state index contributed by atoms with van der Waals surface area (Å²) in [6.45, 7) is 6.88. The van der Waals surface area contributed by atoms with Gasteiger partial charge in [-0.05, 0) is 68.4 Å². The first-order valence-corrected chi connectivity index (χ1v) is 11.3. The van der Waals surface area contributed by atoms with Crippen LogP contribution < -0.4 is 10.1 Å². The third-order valence-corrected chi connectivity index (χ3v) is 6.42. The lowest BCUT2D eigenvalue weighted by molar-refractivity contribution is -0.384. The molecule has 3 heterocycles. The molecule has 1 aromatic carbocycles. The van der Waals surface area contributed by atoms with Crippen molar-refractivity contribution in [3.8, 4) is 11.4 Å². The minimum Gasteiger partial charge on any atom is -0.496 e. The van der Waals surface area contributed by atoms with Crippen LogP contribution in [0, 0.1) is 24.0 Å². The number of hydrogen-bond donors (Lipinski definition) is 1. The number of ether oxygens (including phenoxy) is 1. The number of nitrogens with one attached hydrogen (secondary N) is 1. The first-order chi connectivity index (χ1) is 15.9. The van der Waals surface area contributed by atoms with Crippen molar-refractivity contribution in [2.75, 3.05) is 13.7 Å². The number of nitro groups is 1. The van der Waals surface area contributed by atoms with Gasteiger partial charge in [-0.25, -0.2) is 0 Å². The maximum atomic E-state index is 11.9. The van der Waals surface area contributed by atoms with Crippen LogP contribution in [0.25, 0.3) is 5.69 Å². The number of aryl methyl sites for hydroxylation is 1. The molecule has 1 saturated heterocycles. The molecule has 0 amide bonds. The molecule has 4 rings (SSSR count). The van der Waals surface area contributed by atoms with Gasteiger partial charge in [0.25, 0.3) is 5.69 Å². The molecule has 9 heteroatoms. The molecule has 1 aliphatic rings. The maximum Gasteiger partial charge on any atom is 0.296 e. The second-order valence-corrected chi connectivity index (χ2v) is 8.48. The molecule has 0 spiro atoms. The van der Waals surface area contributed by atoms with Crippen LogP contribution in [-0.4, -0.2) is 38.1 Å². The van der Waals surface area contributed by atoms with E-state index in [1.54, 1.807) is 18.3 Å². The molecule has 8 nitrogen and oxygen atoms in total. The smallest absolute Gasteiger partial charge is 0.296 e. The van der Waals surface area contributed by atoms with E-state index in [0.717, 1.165) is 35.6 Å². The number of nitrogens with zero attached hydrogens (tertiary/aromatic N) is 4. The van der Waals surface area contributed by atoms with Crippen LogP contribution in [0.4, 0.5) is 5.69 Å². The largest absolute Gasteiger partial charge is 0.496 e. The average Bonchev–Trinajstić information content (AvgIpc) is 3.29. The highest BCUT2D eigenvalue weighted by atomic mass is 32.1. The Bertz CT molecular complexity index is 1190. The Labute approximate surface area is 198 Å². The number of hydrogen-bond acceptors (Lipinski definition) is 5. The van der Waals surface area contributed by atoms with Crippen LogP contribution in [0.2, 0.25) is 0 Å². The topological polar surface area (TPSA) is 85.5 Å². The predicted molar refractivity (Wildman–Crippen MR) is 131 cm³/mol. The van der Waals surface area contributed by atoms with Crippen LogP contribution in [0.15, 0.2) is 48.7 Å². The van der Waals surface area contributed by atoms with Crippen molar-refractivity contribution in [1.29, 1.82) is 0 Å². The van der Waals surface area contributed by atoms with Gasteiger partial charge in [-0.3, -0.25) is 15.1 Å². The van der Waals surface area contributed by atoms with Crippen molar-refractivity contribution >= 4 is 23.0 Å². The summed E-state index contributed by atoms with van der Waals surface area (Å²) in [7, 11) is 1.50. The number of methoxy groups -OCH3 is 1. The SMILES string of the molecule is CCCN1C(=S)N[C@H](c2ccccn2)[C@H]1c1cc(C)n(-c2ccc(OC)cc2[N+](=O)[O-])c1C. The number of rotatable bonds is 7. The van der Waals surface area contributed by atoms with Crippen molar-refractivity contribution in [2.45, 2.75) is 39.3 Å². The fourth-order valence-corrected chi connectivity index (χ4v) is 4.98. The molecule has 3 aromatic rings. The molecule has 0 aliphatic carbocycles. The van der Waals surface area contributed by atoms with Gasteiger partial charge < -0.3 is 19.5 Å². The zero-order valence-electron chi connectivity index (χ0n) is 19.1.